The largest absolute Gasteiger partial charge is 0.465 e. The lowest BCUT2D eigenvalue weighted by molar-refractivity contribution is 0.209. The van der Waals surface area contributed by atoms with Crippen molar-refractivity contribution in [1.82, 2.24) is 4.98 Å². The number of aromatic nitrogens is 1. The zero-order valence-electron chi connectivity index (χ0n) is 6.34. The van der Waals surface area contributed by atoms with Crippen LogP contribution in [0.4, 0.5) is 10.5 Å². The monoisotopic (exact) mass is 186 g/mol. The van der Waals surface area contributed by atoms with Crippen molar-refractivity contribution in [1.29, 1.82) is 0 Å². The van der Waals surface area contributed by atoms with Gasteiger partial charge in [0.25, 0.3) is 0 Å². The summed E-state index contributed by atoms with van der Waals surface area (Å²) in [5.41, 5.74) is 1.16. The fourth-order valence-corrected chi connectivity index (χ4v) is 0.853. The third-order valence-corrected chi connectivity index (χ3v) is 1.66. The van der Waals surface area contributed by atoms with Crippen molar-refractivity contribution in [3.8, 4) is 0 Å². The summed E-state index contributed by atoms with van der Waals surface area (Å²) in [5, 5.41) is 10.9. The molecule has 0 saturated carbocycles. The summed E-state index contributed by atoms with van der Waals surface area (Å²) in [5.74, 6) is 0. The highest BCUT2D eigenvalue weighted by Crippen LogP contribution is 2.15. The summed E-state index contributed by atoms with van der Waals surface area (Å²) in [4.78, 5) is 14.0. The number of nitrogens with zero attached hydrogens (tertiary/aromatic N) is 1. The summed E-state index contributed by atoms with van der Waals surface area (Å²) in [6.45, 7) is 1.75. The first-order valence-corrected chi connectivity index (χ1v) is 3.59. The predicted molar refractivity (Wildman–Crippen MR) is 45.6 cm³/mol. The molecule has 0 aromatic carbocycles. The van der Waals surface area contributed by atoms with Crippen molar-refractivity contribution >= 4 is 23.4 Å². The Morgan fingerprint density at radius 2 is 2.42 bits per heavy atom. The number of anilines is 1. The van der Waals surface area contributed by atoms with Crippen LogP contribution in [0.3, 0.4) is 0 Å². The molecule has 1 heterocycles. The van der Waals surface area contributed by atoms with Gasteiger partial charge in [-0.25, -0.2) is 9.78 Å². The average Bonchev–Trinajstić information content (AvgIpc) is 1.96. The van der Waals surface area contributed by atoms with E-state index in [2.05, 4.69) is 10.3 Å². The van der Waals surface area contributed by atoms with E-state index in [0.29, 0.717) is 10.8 Å². The molecule has 0 saturated heterocycles. The maximum Gasteiger partial charge on any atom is 0.409 e. The molecule has 0 aliphatic heterocycles. The molecule has 5 heteroatoms. The zero-order valence-corrected chi connectivity index (χ0v) is 7.09. The zero-order chi connectivity index (χ0) is 9.14. The fourth-order valence-electron chi connectivity index (χ4n) is 0.750. The third kappa shape index (κ3) is 2.10. The molecule has 0 spiro atoms. The van der Waals surface area contributed by atoms with Gasteiger partial charge >= 0.3 is 6.09 Å². The van der Waals surface area contributed by atoms with E-state index in [1.807, 2.05) is 0 Å². The van der Waals surface area contributed by atoms with Gasteiger partial charge in [0.1, 0.15) is 5.15 Å². The summed E-state index contributed by atoms with van der Waals surface area (Å²) < 4.78 is 0. The molecule has 64 valence electrons. The minimum absolute atomic E-state index is 0.380. The van der Waals surface area contributed by atoms with Crippen LogP contribution in [0.2, 0.25) is 5.15 Å². The Morgan fingerprint density at radius 1 is 1.75 bits per heavy atom. The molecule has 4 nitrogen and oxygen atoms in total. The maximum atomic E-state index is 10.2. The van der Waals surface area contributed by atoms with Gasteiger partial charge in [0.2, 0.25) is 0 Å². The second kappa shape index (κ2) is 3.40. The lowest BCUT2D eigenvalue weighted by Crippen LogP contribution is -2.07. The summed E-state index contributed by atoms with van der Waals surface area (Å²) >= 11 is 5.63. The van der Waals surface area contributed by atoms with Crippen molar-refractivity contribution < 1.29 is 9.90 Å². The van der Waals surface area contributed by atoms with E-state index >= 15 is 0 Å². The van der Waals surface area contributed by atoms with E-state index in [0.717, 1.165) is 5.56 Å². The lowest BCUT2D eigenvalue weighted by Gasteiger charge is -2.01. The van der Waals surface area contributed by atoms with Crippen LogP contribution < -0.4 is 5.32 Å². The van der Waals surface area contributed by atoms with Gasteiger partial charge in [0, 0.05) is 0 Å². The molecule has 1 rings (SSSR count). The lowest BCUT2D eigenvalue weighted by atomic mass is 10.3. The fraction of sp³-hybridized carbons (Fsp3) is 0.143. The molecule has 0 bridgehead atoms. The second-order valence-corrected chi connectivity index (χ2v) is 2.62. The van der Waals surface area contributed by atoms with Gasteiger partial charge < -0.3 is 5.11 Å². The quantitative estimate of drug-likeness (QED) is 0.661. The van der Waals surface area contributed by atoms with Gasteiger partial charge in [-0.1, -0.05) is 11.6 Å². The minimum Gasteiger partial charge on any atom is -0.465 e. The van der Waals surface area contributed by atoms with Crippen molar-refractivity contribution in [2.24, 2.45) is 0 Å². The summed E-state index contributed by atoms with van der Waals surface area (Å²) in [6.07, 6.45) is 0.252. The molecule has 0 atom stereocenters. The van der Waals surface area contributed by atoms with E-state index < -0.39 is 6.09 Å². The number of aryl methyl sites for hydroxylation is 1. The summed E-state index contributed by atoms with van der Waals surface area (Å²) in [7, 11) is 0. The van der Waals surface area contributed by atoms with Gasteiger partial charge in [-0.05, 0) is 18.6 Å². The number of hydrogen-bond donors (Lipinski definition) is 2. The highest BCUT2D eigenvalue weighted by molar-refractivity contribution is 6.30. The van der Waals surface area contributed by atoms with E-state index in [1.54, 1.807) is 13.0 Å². The summed E-state index contributed by atoms with van der Waals surface area (Å²) in [6, 6.07) is 1.61. The Labute approximate surface area is 74.2 Å². The average molecular weight is 187 g/mol. The van der Waals surface area contributed by atoms with Crippen LogP contribution in [0.1, 0.15) is 5.56 Å². The molecular weight excluding hydrogens is 180 g/mol. The van der Waals surface area contributed by atoms with Crippen LogP contribution in [0.5, 0.6) is 0 Å². The number of amides is 1. The van der Waals surface area contributed by atoms with Crippen molar-refractivity contribution in [3.05, 3.63) is 23.0 Å². The van der Waals surface area contributed by atoms with Crippen LogP contribution in [0, 0.1) is 6.92 Å². The Bertz CT molecular complexity index is 314. The molecule has 0 fully saturated rings. The van der Waals surface area contributed by atoms with E-state index in [4.69, 9.17) is 16.7 Å². The van der Waals surface area contributed by atoms with E-state index in [9.17, 15) is 4.79 Å². The Kier molecular flexibility index (Phi) is 2.50. The molecule has 1 amide bonds. The maximum absolute atomic E-state index is 10.2. The number of rotatable bonds is 1. The second-order valence-electron chi connectivity index (χ2n) is 2.26. The number of hydrogen-bond acceptors (Lipinski definition) is 2. The van der Waals surface area contributed by atoms with Gasteiger partial charge in [0.15, 0.2) is 0 Å². The third-order valence-electron chi connectivity index (χ3n) is 1.27. The topological polar surface area (TPSA) is 62.2 Å². The van der Waals surface area contributed by atoms with Crippen LogP contribution in [-0.2, 0) is 0 Å². The van der Waals surface area contributed by atoms with E-state index in [1.165, 1.54) is 6.20 Å². The molecular formula is C7H7ClN2O2. The molecule has 1 aromatic heterocycles. The Hall–Kier alpha value is -1.29. The number of carbonyl (C=O) groups is 1. The highest BCUT2D eigenvalue weighted by atomic mass is 35.5. The molecule has 0 radical (unpaired) electrons. The van der Waals surface area contributed by atoms with Gasteiger partial charge in [-0.15, -0.1) is 0 Å². The number of nitrogens with one attached hydrogen (secondary N) is 1. The Balaban J connectivity index is 2.89. The molecule has 0 unspecified atom stereocenters. The highest BCUT2D eigenvalue weighted by Gasteiger charge is 2.00. The van der Waals surface area contributed by atoms with Crippen LogP contribution in [0.15, 0.2) is 12.3 Å². The van der Waals surface area contributed by atoms with Gasteiger partial charge in [0.05, 0.1) is 11.9 Å². The van der Waals surface area contributed by atoms with Gasteiger partial charge in [-0.2, -0.15) is 0 Å². The van der Waals surface area contributed by atoms with Crippen LogP contribution in [0.25, 0.3) is 0 Å². The van der Waals surface area contributed by atoms with Crippen LogP contribution in [-0.4, -0.2) is 16.2 Å². The number of carboxylic acid groups (broad SMARTS) is 1. The molecule has 2 N–H and O–H groups in total. The van der Waals surface area contributed by atoms with Crippen molar-refractivity contribution in [2.45, 2.75) is 6.92 Å². The van der Waals surface area contributed by atoms with Crippen molar-refractivity contribution in [2.75, 3.05) is 5.32 Å². The normalized spacial score (nSPS) is 9.50. The minimum atomic E-state index is -1.11. The first kappa shape index (κ1) is 8.80. The molecule has 0 aliphatic carbocycles. The molecule has 1 aromatic rings. The number of halogens is 1. The first-order valence-electron chi connectivity index (χ1n) is 3.21. The smallest absolute Gasteiger partial charge is 0.409 e. The molecule has 12 heavy (non-hydrogen) atoms. The van der Waals surface area contributed by atoms with Crippen molar-refractivity contribution in [3.63, 3.8) is 0 Å². The van der Waals surface area contributed by atoms with E-state index in [-0.39, 0.29) is 0 Å². The van der Waals surface area contributed by atoms with Crippen LogP contribution >= 0.6 is 11.6 Å². The first-order chi connectivity index (χ1) is 5.59. The van der Waals surface area contributed by atoms with Gasteiger partial charge in [-0.3, -0.25) is 5.32 Å². The number of pyridine rings is 1. The SMILES string of the molecule is Cc1cc(NC(=O)O)cnc1Cl. The predicted octanol–water partition coefficient (Wildman–Crippen LogP) is 2.13. The Morgan fingerprint density at radius 3 is 2.92 bits per heavy atom. The molecule has 0 aliphatic rings. The standard InChI is InChI=1S/C7H7ClN2O2/c1-4-2-5(10-7(11)12)3-9-6(4)8/h2-3,10H,1H3,(H,11,12).